The summed E-state index contributed by atoms with van der Waals surface area (Å²) in [7, 11) is 0. The highest BCUT2D eigenvalue weighted by Gasteiger charge is 2.73. The van der Waals surface area contributed by atoms with E-state index in [1.54, 1.807) is 31.2 Å². The van der Waals surface area contributed by atoms with E-state index in [2.05, 4.69) is 15.8 Å². The molecule has 1 aromatic carbocycles. The first-order valence-electron chi connectivity index (χ1n) is 11.0. The van der Waals surface area contributed by atoms with Crippen LogP contribution in [0.15, 0.2) is 47.0 Å². The SMILES string of the molecule is Cc1cc(NC(=O)[C@@H]2[C@H]3C=C[C@]4(O3)[C@H](C(=O)NC(C)(C)C)N(c3cccc(F)c3)C(=O)[C@@H]24)no1. The molecule has 1 spiro atoms. The lowest BCUT2D eigenvalue weighted by Crippen LogP contribution is -2.58. The molecule has 10 heteroatoms. The van der Waals surface area contributed by atoms with Crippen LogP contribution in [0.3, 0.4) is 0 Å². The number of aryl methyl sites for hydroxylation is 1. The molecule has 5 atom stereocenters. The van der Waals surface area contributed by atoms with Gasteiger partial charge in [0.05, 0.1) is 17.9 Å². The third-order valence-corrected chi connectivity index (χ3v) is 6.29. The van der Waals surface area contributed by atoms with E-state index >= 15 is 0 Å². The first-order chi connectivity index (χ1) is 16.0. The number of carbonyl (C=O) groups is 3. The molecule has 3 amide bonds. The molecule has 2 N–H and O–H groups in total. The second-order valence-corrected chi connectivity index (χ2v) is 9.94. The topological polar surface area (TPSA) is 114 Å². The molecule has 0 unspecified atom stereocenters. The van der Waals surface area contributed by atoms with Crippen LogP contribution in [0.2, 0.25) is 0 Å². The van der Waals surface area contributed by atoms with E-state index in [-0.39, 0.29) is 11.5 Å². The van der Waals surface area contributed by atoms with Gasteiger partial charge in [-0.25, -0.2) is 4.39 Å². The molecule has 3 aliphatic heterocycles. The van der Waals surface area contributed by atoms with Crippen molar-refractivity contribution in [3.8, 4) is 0 Å². The predicted molar refractivity (Wildman–Crippen MR) is 119 cm³/mol. The first kappa shape index (κ1) is 22.3. The fourth-order valence-electron chi connectivity index (χ4n) is 5.15. The van der Waals surface area contributed by atoms with E-state index in [4.69, 9.17) is 9.26 Å². The maximum atomic E-state index is 14.1. The standard InChI is InChI=1S/C24H25FN4O5/c1-12-10-16(28-34-12)26-20(30)17-15-8-9-24(33-15)18(17)22(32)29(14-7-5-6-13(25)11-14)19(24)21(31)27-23(2,3)4/h5-11,15,17-19H,1-4H3,(H,27,31)(H,26,28,30)/t15-,17-,18-,19+,24-/m1/s1. The average molecular weight is 468 g/mol. The summed E-state index contributed by atoms with van der Waals surface area (Å²) in [6.45, 7) is 7.16. The number of hydrogen-bond donors (Lipinski definition) is 2. The normalized spacial score (nSPS) is 29.4. The summed E-state index contributed by atoms with van der Waals surface area (Å²) in [6, 6.07) is 5.90. The van der Waals surface area contributed by atoms with Crippen molar-refractivity contribution in [2.45, 2.75) is 51.0 Å². The second kappa shape index (κ2) is 7.49. The summed E-state index contributed by atoms with van der Waals surface area (Å²) in [5.41, 5.74) is -1.75. The van der Waals surface area contributed by atoms with Gasteiger partial charge in [-0.05, 0) is 45.9 Å². The number of fused-ring (bicyclic) bond motifs is 1. The van der Waals surface area contributed by atoms with Gasteiger partial charge in [-0.2, -0.15) is 0 Å². The van der Waals surface area contributed by atoms with E-state index in [0.717, 1.165) is 0 Å². The van der Waals surface area contributed by atoms with Crippen LogP contribution < -0.4 is 15.5 Å². The first-order valence-corrected chi connectivity index (χ1v) is 11.0. The molecular formula is C24H25FN4O5. The minimum absolute atomic E-state index is 0.217. The zero-order chi connectivity index (χ0) is 24.4. The molecule has 9 nitrogen and oxygen atoms in total. The van der Waals surface area contributed by atoms with E-state index < -0.39 is 58.7 Å². The Morgan fingerprint density at radius 3 is 2.62 bits per heavy atom. The van der Waals surface area contributed by atoms with Crippen molar-refractivity contribution >= 4 is 29.2 Å². The Morgan fingerprint density at radius 1 is 1.21 bits per heavy atom. The number of nitrogens with zero attached hydrogens (tertiary/aromatic N) is 2. The van der Waals surface area contributed by atoms with Gasteiger partial charge in [-0.15, -0.1) is 0 Å². The van der Waals surface area contributed by atoms with Gasteiger partial charge < -0.3 is 19.9 Å². The number of benzene rings is 1. The molecule has 0 saturated carbocycles. The van der Waals surface area contributed by atoms with E-state index in [1.807, 2.05) is 20.8 Å². The highest BCUT2D eigenvalue weighted by Crippen LogP contribution is 2.56. The molecular weight excluding hydrogens is 443 g/mol. The number of rotatable bonds is 4. The molecule has 2 saturated heterocycles. The maximum Gasteiger partial charge on any atom is 0.246 e. The molecule has 1 aromatic heterocycles. The molecule has 3 aliphatic rings. The maximum absolute atomic E-state index is 14.1. The van der Waals surface area contributed by atoms with Crippen molar-refractivity contribution in [2.75, 3.05) is 10.2 Å². The molecule has 34 heavy (non-hydrogen) atoms. The van der Waals surface area contributed by atoms with Crippen LogP contribution in [0.4, 0.5) is 15.9 Å². The molecule has 0 aliphatic carbocycles. The lowest BCUT2D eigenvalue weighted by molar-refractivity contribution is -0.129. The summed E-state index contributed by atoms with van der Waals surface area (Å²) in [6.07, 6.45) is 2.70. The lowest BCUT2D eigenvalue weighted by atomic mass is 9.74. The van der Waals surface area contributed by atoms with Crippen LogP contribution >= 0.6 is 0 Å². The second-order valence-electron chi connectivity index (χ2n) is 9.94. The predicted octanol–water partition coefficient (Wildman–Crippen LogP) is 2.33. The quantitative estimate of drug-likeness (QED) is 0.666. The number of aromatic nitrogens is 1. The highest BCUT2D eigenvalue weighted by molar-refractivity contribution is 6.11. The number of halogens is 1. The average Bonchev–Trinajstić information content (AvgIpc) is 3.47. The van der Waals surface area contributed by atoms with E-state index in [1.165, 1.54) is 23.1 Å². The fourth-order valence-corrected chi connectivity index (χ4v) is 5.15. The molecule has 5 rings (SSSR count). The number of carbonyl (C=O) groups excluding carboxylic acids is 3. The Kier molecular flexibility index (Phi) is 4.91. The van der Waals surface area contributed by atoms with Crippen molar-refractivity contribution in [2.24, 2.45) is 11.8 Å². The molecule has 2 bridgehead atoms. The van der Waals surface area contributed by atoms with E-state index in [9.17, 15) is 18.8 Å². The number of hydrogen-bond acceptors (Lipinski definition) is 6. The van der Waals surface area contributed by atoms with Crippen LogP contribution in [0, 0.1) is 24.6 Å². The Hall–Kier alpha value is -3.53. The fraction of sp³-hybridized carbons (Fsp3) is 0.417. The van der Waals surface area contributed by atoms with Crippen LogP contribution in [0.1, 0.15) is 26.5 Å². The van der Waals surface area contributed by atoms with Crippen molar-refractivity contribution in [3.63, 3.8) is 0 Å². The Balaban J connectivity index is 1.56. The Morgan fingerprint density at radius 2 is 1.97 bits per heavy atom. The van der Waals surface area contributed by atoms with Gasteiger partial charge >= 0.3 is 0 Å². The van der Waals surface area contributed by atoms with Crippen LogP contribution in [-0.4, -0.2) is 46.2 Å². The third kappa shape index (κ3) is 3.40. The van der Waals surface area contributed by atoms with Crippen LogP contribution in [0.25, 0.3) is 0 Å². The summed E-state index contributed by atoms with van der Waals surface area (Å²) in [4.78, 5) is 41.9. The smallest absolute Gasteiger partial charge is 0.246 e. The van der Waals surface area contributed by atoms with Gasteiger partial charge in [0, 0.05) is 17.3 Å². The molecule has 2 fully saturated rings. The van der Waals surface area contributed by atoms with Crippen LogP contribution in [-0.2, 0) is 19.1 Å². The summed E-state index contributed by atoms with van der Waals surface area (Å²) in [5, 5.41) is 9.37. The Bertz CT molecular complexity index is 1220. The summed E-state index contributed by atoms with van der Waals surface area (Å²) in [5.74, 6) is -3.10. The van der Waals surface area contributed by atoms with Crippen molar-refractivity contribution in [1.82, 2.24) is 10.5 Å². The van der Waals surface area contributed by atoms with Gasteiger partial charge in [-0.1, -0.05) is 23.4 Å². The number of ether oxygens (including phenoxy) is 1. The minimum atomic E-state index is -1.37. The monoisotopic (exact) mass is 468 g/mol. The highest BCUT2D eigenvalue weighted by atomic mass is 19.1. The Labute approximate surface area is 195 Å². The summed E-state index contributed by atoms with van der Waals surface area (Å²) < 4.78 is 25.3. The van der Waals surface area contributed by atoms with Crippen LogP contribution in [0.5, 0.6) is 0 Å². The zero-order valence-corrected chi connectivity index (χ0v) is 19.2. The largest absolute Gasteiger partial charge is 0.360 e. The molecule has 4 heterocycles. The molecule has 178 valence electrons. The van der Waals surface area contributed by atoms with Gasteiger partial charge in [0.2, 0.25) is 17.7 Å². The number of amides is 3. The van der Waals surface area contributed by atoms with Gasteiger partial charge in [0.1, 0.15) is 23.2 Å². The third-order valence-electron chi connectivity index (χ3n) is 6.29. The zero-order valence-electron chi connectivity index (χ0n) is 19.2. The van der Waals surface area contributed by atoms with Crippen molar-refractivity contribution in [3.05, 3.63) is 54.1 Å². The van der Waals surface area contributed by atoms with Crippen molar-refractivity contribution in [1.29, 1.82) is 0 Å². The van der Waals surface area contributed by atoms with Crippen molar-refractivity contribution < 1.29 is 28.0 Å². The number of anilines is 2. The number of nitrogens with one attached hydrogen (secondary N) is 2. The van der Waals surface area contributed by atoms with E-state index in [0.29, 0.717) is 5.76 Å². The lowest BCUT2D eigenvalue weighted by Gasteiger charge is -2.34. The van der Waals surface area contributed by atoms with Gasteiger partial charge in [-0.3, -0.25) is 19.3 Å². The summed E-state index contributed by atoms with van der Waals surface area (Å²) >= 11 is 0. The molecule has 0 radical (unpaired) electrons. The van der Waals surface area contributed by atoms with Gasteiger partial charge in [0.25, 0.3) is 0 Å². The minimum Gasteiger partial charge on any atom is -0.360 e. The molecule has 2 aromatic rings. The van der Waals surface area contributed by atoms with Gasteiger partial charge in [0.15, 0.2) is 5.82 Å².